The van der Waals surface area contributed by atoms with Crippen molar-refractivity contribution in [3.63, 3.8) is 0 Å². The van der Waals surface area contributed by atoms with Crippen LogP contribution in [0.1, 0.15) is 62.4 Å². The molecule has 0 aromatic heterocycles. The monoisotopic (exact) mass is 505 g/mol. The molecule has 2 aromatic rings. The highest BCUT2D eigenvalue weighted by molar-refractivity contribution is 7.90. The average molecular weight is 506 g/mol. The predicted octanol–water partition coefficient (Wildman–Crippen LogP) is 6.31. The molecule has 188 valence electrons. The second-order valence-corrected chi connectivity index (χ2v) is 10.8. The Morgan fingerprint density at radius 1 is 1.15 bits per heavy atom. The van der Waals surface area contributed by atoms with Crippen molar-refractivity contribution in [2.45, 2.75) is 64.9 Å². The van der Waals surface area contributed by atoms with Gasteiger partial charge in [-0.25, -0.2) is 8.78 Å². The number of aryl methyl sites for hydroxylation is 1. The number of hydrogen-bond donors (Lipinski definition) is 1. The number of benzene rings is 2. The molecule has 0 spiro atoms. The van der Waals surface area contributed by atoms with E-state index < -0.39 is 63.5 Å². The van der Waals surface area contributed by atoms with Gasteiger partial charge in [-0.15, -0.1) is 4.72 Å². The van der Waals surface area contributed by atoms with Crippen LogP contribution in [0.2, 0.25) is 0 Å². The van der Waals surface area contributed by atoms with Crippen LogP contribution in [0.5, 0.6) is 0 Å². The Labute approximate surface area is 199 Å². The molecule has 10 heteroatoms. The summed E-state index contributed by atoms with van der Waals surface area (Å²) in [6.07, 6.45) is -5.63. The van der Waals surface area contributed by atoms with Crippen molar-refractivity contribution in [3.8, 4) is 11.1 Å². The number of nitrogens with one attached hydrogen (secondary N) is 1. The van der Waals surface area contributed by atoms with Crippen molar-refractivity contribution < 1.29 is 36.0 Å². The lowest BCUT2D eigenvalue weighted by Crippen LogP contribution is -2.42. The Kier molecular flexibility index (Phi) is 8.77. The molecule has 0 heterocycles. The normalized spacial score (nSPS) is 14.1. The first-order valence-corrected chi connectivity index (χ1v) is 11.7. The van der Waals surface area contributed by atoms with E-state index in [0.29, 0.717) is 11.6 Å². The average Bonchev–Trinajstić information content (AvgIpc) is 2.70. The summed E-state index contributed by atoms with van der Waals surface area (Å²) in [5.41, 5.74) is -1.40. The van der Waals surface area contributed by atoms with Crippen LogP contribution in [0.3, 0.4) is 0 Å². The molecule has 0 unspecified atom stereocenters. The second-order valence-electron chi connectivity index (χ2n) is 8.85. The van der Waals surface area contributed by atoms with Crippen molar-refractivity contribution in [2.24, 2.45) is 0 Å². The zero-order chi connectivity index (χ0) is 26.0. The van der Waals surface area contributed by atoms with Crippen LogP contribution in [-0.4, -0.2) is 21.9 Å². The fourth-order valence-corrected chi connectivity index (χ4v) is 4.25. The van der Waals surface area contributed by atoms with Crippen LogP contribution in [0.25, 0.3) is 11.1 Å². The lowest BCUT2D eigenvalue weighted by atomic mass is 9.90. The number of carbonyl (C=O) groups is 1. The van der Waals surface area contributed by atoms with Crippen LogP contribution in [0.4, 0.5) is 22.0 Å². The molecule has 1 N–H and O–H groups in total. The molecule has 0 saturated carbocycles. The molecule has 0 saturated heterocycles. The summed E-state index contributed by atoms with van der Waals surface area (Å²) in [4.78, 5) is 12.2. The Balaban J connectivity index is 2.80. The van der Waals surface area contributed by atoms with Crippen molar-refractivity contribution in [1.82, 2.24) is 4.72 Å². The third-order valence-corrected chi connectivity index (χ3v) is 6.77. The molecule has 34 heavy (non-hydrogen) atoms. The number of hydrogen-bond acceptors (Lipinski definition) is 4. The van der Waals surface area contributed by atoms with Gasteiger partial charge in [-0.2, -0.15) is 13.2 Å². The summed E-state index contributed by atoms with van der Waals surface area (Å²) in [5.74, 6) is -3.03. The minimum Gasteiger partial charge on any atom is -0.598 e. The molecular weight excluding hydrogens is 477 g/mol. The summed E-state index contributed by atoms with van der Waals surface area (Å²) in [7, 11) is 0. The molecule has 0 radical (unpaired) electrons. The molecule has 2 rings (SSSR count). The Bertz CT molecular complexity index is 1050. The van der Waals surface area contributed by atoms with Gasteiger partial charge in [-0.1, -0.05) is 6.07 Å². The highest BCUT2D eigenvalue weighted by Gasteiger charge is 2.39. The van der Waals surface area contributed by atoms with Crippen LogP contribution < -0.4 is 4.72 Å². The second kappa shape index (κ2) is 10.6. The number of halogens is 5. The quantitative estimate of drug-likeness (QED) is 0.272. The van der Waals surface area contributed by atoms with E-state index in [1.807, 2.05) is 0 Å². The molecule has 0 aliphatic rings. The topological polar surface area (TPSA) is 61.4 Å². The van der Waals surface area contributed by atoms with Gasteiger partial charge in [0.2, 0.25) is 0 Å². The molecule has 0 fully saturated rings. The van der Waals surface area contributed by atoms with E-state index in [9.17, 15) is 26.9 Å². The van der Waals surface area contributed by atoms with Gasteiger partial charge in [0, 0.05) is 16.9 Å². The van der Waals surface area contributed by atoms with E-state index in [1.165, 1.54) is 19.1 Å². The zero-order valence-corrected chi connectivity index (χ0v) is 20.6. The van der Waals surface area contributed by atoms with Crippen molar-refractivity contribution in [1.29, 1.82) is 0 Å². The van der Waals surface area contributed by atoms with Crippen molar-refractivity contribution in [3.05, 3.63) is 58.2 Å². The molecule has 2 aromatic carbocycles. The molecule has 0 bridgehead atoms. The van der Waals surface area contributed by atoms with Crippen LogP contribution in [0.15, 0.2) is 24.3 Å². The number of alkyl halides is 3. The fraction of sp³-hybridized carbons (Fsp3) is 0.458. The van der Waals surface area contributed by atoms with Crippen molar-refractivity contribution >= 4 is 17.3 Å². The fourth-order valence-electron chi connectivity index (χ4n) is 3.42. The maximum absolute atomic E-state index is 15.3. The summed E-state index contributed by atoms with van der Waals surface area (Å²) in [6, 6.07) is 2.97. The van der Waals surface area contributed by atoms with Crippen molar-refractivity contribution in [2.75, 3.05) is 6.61 Å². The molecule has 2 atom stereocenters. The SMILES string of the molecule is CCOC(=O)C[C@H](N[S@+]([O-])C(C)(C)C)c1cc(-c2c(C)ccc(F)c2C)cc(C(F)(F)F)c1F. The highest BCUT2D eigenvalue weighted by atomic mass is 32.2. The van der Waals surface area contributed by atoms with Gasteiger partial charge in [0.15, 0.2) is 0 Å². The first kappa shape index (κ1) is 28.1. The standard InChI is InChI=1S/C24H28F5NO3S/c1-7-33-20(31)12-19(30-34(32)23(4,5)6)16-10-15(11-17(22(16)26)24(27,28)29)21-13(2)8-9-18(25)14(21)3/h8-11,19,30H,7,12H2,1-6H3/t19-,34+/m0/s1. The molecule has 0 aliphatic heterocycles. The third kappa shape index (κ3) is 6.49. The van der Waals surface area contributed by atoms with E-state index in [0.717, 1.165) is 6.07 Å². The maximum atomic E-state index is 15.3. The van der Waals surface area contributed by atoms with Gasteiger partial charge >= 0.3 is 12.1 Å². The zero-order valence-electron chi connectivity index (χ0n) is 19.8. The van der Waals surface area contributed by atoms with Crippen LogP contribution >= 0.6 is 0 Å². The first-order chi connectivity index (χ1) is 15.6. The van der Waals surface area contributed by atoms with E-state index in [4.69, 9.17) is 4.74 Å². The minimum atomic E-state index is -5.07. The van der Waals surface area contributed by atoms with E-state index in [1.54, 1.807) is 34.6 Å². The summed E-state index contributed by atoms with van der Waals surface area (Å²) in [6.45, 7) is 9.41. The van der Waals surface area contributed by atoms with Gasteiger partial charge < -0.3 is 9.29 Å². The number of esters is 1. The van der Waals surface area contributed by atoms with E-state index in [-0.39, 0.29) is 23.3 Å². The van der Waals surface area contributed by atoms with Gasteiger partial charge in [0.25, 0.3) is 0 Å². The first-order valence-electron chi connectivity index (χ1n) is 10.6. The molecule has 0 aliphatic carbocycles. The van der Waals surface area contributed by atoms with Gasteiger partial charge in [0.05, 0.1) is 24.6 Å². The van der Waals surface area contributed by atoms with Gasteiger partial charge in [0.1, 0.15) is 16.4 Å². The van der Waals surface area contributed by atoms with Gasteiger partial charge in [-0.05, 0) is 82.0 Å². The third-order valence-electron chi connectivity index (χ3n) is 5.16. The van der Waals surface area contributed by atoms with E-state index >= 15 is 4.39 Å². The Morgan fingerprint density at radius 3 is 2.29 bits per heavy atom. The minimum absolute atomic E-state index is 0.00587. The van der Waals surface area contributed by atoms with Gasteiger partial charge in [-0.3, -0.25) is 4.79 Å². The number of ether oxygens (including phenoxy) is 1. The largest absolute Gasteiger partial charge is 0.598 e. The summed E-state index contributed by atoms with van der Waals surface area (Å²) in [5, 5.41) is 0. The smallest absolute Gasteiger partial charge is 0.419 e. The Morgan fingerprint density at radius 2 is 1.76 bits per heavy atom. The predicted molar refractivity (Wildman–Crippen MR) is 121 cm³/mol. The maximum Gasteiger partial charge on any atom is 0.419 e. The highest BCUT2D eigenvalue weighted by Crippen LogP contribution is 2.40. The summed E-state index contributed by atoms with van der Waals surface area (Å²) < 4.78 is 90.4. The lowest BCUT2D eigenvalue weighted by molar-refractivity contribution is -0.143. The lowest BCUT2D eigenvalue weighted by Gasteiger charge is -2.29. The number of rotatable bonds is 7. The van der Waals surface area contributed by atoms with E-state index in [2.05, 4.69) is 4.72 Å². The Hall–Kier alpha value is -2.17. The van der Waals surface area contributed by atoms with Crippen LogP contribution in [-0.2, 0) is 27.1 Å². The molecular formula is C24H28F5NO3S. The summed E-state index contributed by atoms with van der Waals surface area (Å²) >= 11 is -1.85. The molecule has 4 nitrogen and oxygen atoms in total. The van der Waals surface area contributed by atoms with Crippen LogP contribution in [0, 0.1) is 25.5 Å². The molecule has 0 amide bonds. The number of carbonyl (C=O) groups excluding carboxylic acids is 1.